The van der Waals surface area contributed by atoms with Crippen LogP contribution in [-0.2, 0) is 18.3 Å². The van der Waals surface area contributed by atoms with E-state index in [0.29, 0.717) is 24.8 Å². The van der Waals surface area contributed by atoms with E-state index in [0.717, 1.165) is 39.5 Å². The monoisotopic (exact) mass is 488 g/mol. The van der Waals surface area contributed by atoms with Crippen molar-refractivity contribution in [2.45, 2.75) is 18.0 Å². The van der Waals surface area contributed by atoms with Crippen molar-refractivity contribution in [1.29, 1.82) is 0 Å². The van der Waals surface area contributed by atoms with Gasteiger partial charge in [0, 0.05) is 30.0 Å². The quantitative estimate of drug-likeness (QED) is 0.527. The van der Waals surface area contributed by atoms with E-state index in [1.807, 2.05) is 54.1 Å². The van der Waals surface area contributed by atoms with Crippen LogP contribution in [-0.4, -0.2) is 39.6 Å². The van der Waals surface area contributed by atoms with Gasteiger partial charge in [0.25, 0.3) is 0 Å². The zero-order chi connectivity index (χ0) is 20.9. The summed E-state index contributed by atoms with van der Waals surface area (Å²) in [6.45, 7) is 1.33. The minimum atomic E-state index is -0.0882. The number of fused-ring (bicyclic) bond motifs is 1. The molecule has 4 rings (SSSR count). The fraction of sp³-hybridized carbons (Fsp3) is 0.286. The van der Waals surface area contributed by atoms with Crippen molar-refractivity contribution in [2.24, 2.45) is 7.05 Å². The lowest BCUT2D eigenvalue weighted by Crippen LogP contribution is -2.14. The van der Waals surface area contributed by atoms with Crippen molar-refractivity contribution >= 4 is 39.3 Å². The highest BCUT2D eigenvalue weighted by atomic mass is 79.9. The Morgan fingerprint density at radius 1 is 1.13 bits per heavy atom. The highest BCUT2D eigenvalue weighted by Gasteiger charge is 2.15. The van der Waals surface area contributed by atoms with Crippen LogP contribution in [0, 0.1) is 0 Å². The first kappa shape index (κ1) is 20.7. The average molecular weight is 489 g/mol. The first-order valence-corrected chi connectivity index (χ1v) is 11.3. The van der Waals surface area contributed by atoms with Crippen LogP contribution in [0.2, 0.25) is 0 Å². The number of ether oxygens (including phenoxy) is 2. The number of thioether (sulfide) groups is 1. The number of benzene rings is 2. The van der Waals surface area contributed by atoms with E-state index in [4.69, 9.17) is 9.47 Å². The summed E-state index contributed by atoms with van der Waals surface area (Å²) in [7, 11) is 1.91. The number of nitrogens with one attached hydrogen (secondary N) is 1. The van der Waals surface area contributed by atoms with E-state index in [-0.39, 0.29) is 11.7 Å². The Balaban J connectivity index is 1.36. The molecule has 2 heterocycles. The molecule has 1 aliphatic heterocycles. The van der Waals surface area contributed by atoms with Crippen molar-refractivity contribution in [1.82, 2.24) is 14.8 Å². The number of carbonyl (C=O) groups is 1. The predicted molar refractivity (Wildman–Crippen MR) is 119 cm³/mol. The summed E-state index contributed by atoms with van der Waals surface area (Å²) >= 11 is 4.74. The second-order valence-corrected chi connectivity index (χ2v) is 8.67. The summed E-state index contributed by atoms with van der Waals surface area (Å²) in [5.41, 5.74) is 1.83. The standard InChI is InChI=1S/C21H21BrN4O3S/c1-26-19(12-14-3-8-17-18(11-14)29-10-2-9-28-17)24-25-21(26)30-13-20(27)23-16-6-4-15(22)5-7-16/h3-8,11H,2,9-10,12-13H2,1H3,(H,23,27). The van der Waals surface area contributed by atoms with E-state index in [1.54, 1.807) is 0 Å². The molecule has 9 heteroatoms. The molecule has 1 aliphatic rings. The Kier molecular flexibility index (Phi) is 6.59. The second kappa shape index (κ2) is 9.53. The number of carbonyl (C=O) groups excluding carboxylic acids is 1. The Bertz CT molecular complexity index is 1040. The molecular formula is C21H21BrN4O3S. The van der Waals surface area contributed by atoms with Gasteiger partial charge in [0.15, 0.2) is 16.7 Å². The van der Waals surface area contributed by atoms with Gasteiger partial charge < -0.3 is 19.4 Å². The number of hydrogen-bond donors (Lipinski definition) is 1. The van der Waals surface area contributed by atoms with Crippen molar-refractivity contribution in [2.75, 3.05) is 24.3 Å². The first-order chi connectivity index (χ1) is 14.6. The van der Waals surface area contributed by atoms with Crippen LogP contribution >= 0.6 is 27.7 Å². The summed E-state index contributed by atoms with van der Waals surface area (Å²) in [6.07, 6.45) is 1.50. The maximum absolute atomic E-state index is 12.2. The van der Waals surface area contributed by atoms with Crippen LogP contribution in [0.5, 0.6) is 11.5 Å². The summed E-state index contributed by atoms with van der Waals surface area (Å²) in [5.74, 6) is 2.54. The second-order valence-electron chi connectivity index (χ2n) is 6.81. The van der Waals surface area contributed by atoms with Crippen LogP contribution in [0.3, 0.4) is 0 Å². The number of hydrogen-bond acceptors (Lipinski definition) is 6. The normalized spacial score (nSPS) is 13.0. The first-order valence-electron chi connectivity index (χ1n) is 9.53. The molecule has 1 aromatic heterocycles. The third-order valence-electron chi connectivity index (χ3n) is 4.56. The summed E-state index contributed by atoms with van der Waals surface area (Å²) in [6, 6.07) is 13.4. The molecule has 0 atom stereocenters. The van der Waals surface area contributed by atoms with Crippen LogP contribution in [0.4, 0.5) is 5.69 Å². The van der Waals surface area contributed by atoms with E-state index in [2.05, 4.69) is 31.4 Å². The van der Waals surface area contributed by atoms with Crippen LogP contribution in [0.1, 0.15) is 17.8 Å². The number of nitrogens with zero attached hydrogens (tertiary/aromatic N) is 3. The molecule has 0 saturated heterocycles. The minimum absolute atomic E-state index is 0.0882. The lowest BCUT2D eigenvalue weighted by molar-refractivity contribution is -0.113. The minimum Gasteiger partial charge on any atom is -0.490 e. The van der Waals surface area contributed by atoms with Crippen LogP contribution in [0.25, 0.3) is 0 Å². The SMILES string of the molecule is Cn1c(Cc2ccc3c(c2)OCCCO3)nnc1SCC(=O)Nc1ccc(Br)cc1. The third kappa shape index (κ3) is 5.14. The van der Waals surface area contributed by atoms with Gasteiger partial charge in [-0.05, 0) is 42.0 Å². The average Bonchev–Trinajstić information content (AvgIpc) is 2.93. The van der Waals surface area contributed by atoms with Gasteiger partial charge >= 0.3 is 0 Å². The topological polar surface area (TPSA) is 78.3 Å². The molecule has 0 saturated carbocycles. The molecule has 0 unspecified atom stereocenters. The Morgan fingerprint density at radius 2 is 1.90 bits per heavy atom. The van der Waals surface area contributed by atoms with Gasteiger partial charge in [0.05, 0.1) is 19.0 Å². The Labute approximate surface area is 187 Å². The molecule has 7 nitrogen and oxygen atoms in total. The van der Waals surface area contributed by atoms with E-state index in [1.165, 1.54) is 11.8 Å². The van der Waals surface area contributed by atoms with Gasteiger partial charge in [-0.25, -0.2) is 0 Å². The smallest absolute Gasteiger partial charge is 0.234 e. The summed E-state index contributed by atoms with van der Waals surface area (Å²) in [4.78, 5) is 12.2. The molecule has 1 amide bonds. The maximum atomic E-state index is 12.2. The molecule has 0 aliphatic carbocycles. The predicted octanol–water partition coefficient (Wildman–Crippen LogP) is 4.06. The highest BCUT2D eigenvalue weighted by molar-refractivity contribution is 9.10. The van der Waals surface area contributed by atoms with Gasteiger partial charge in [-0.3, -0.25) is 4.79 Å². The van der Waals surface area contributed by atoms with Crippen LogP contribution in [0.15, 0.2) is 52.1 Å². The molecular weight excluding hydrogens is 468 g/mol. The number of halogens is 1. The maximum Gasteiger partial charge on any atom is 0.234 e. The summed E-state index contributed by atoms with van der Waals surface area (Å²) in [5, 5.41) is 12.1. The fourth-order valence-electron chi connectivity index (χ4n) is 2.99. The molecule has 2 aromatic carbocycles. The zero-order valence-electron chi connectivity index (χ0n) is 16.4. The lowest BCUT2D eigenvalue weighted by Gasteiger charge is -2.09. The largest absolute Gasteiger partial charge is 0.490 e. The molecule has 30 heavy (non-hydrogen) atoms. The molecule has 0 fully saturated rings. The number of rotatable bonds is 6. The van der Waals surface area contributed by atoms with Gasteiger partial charge in [0.1, 0.15) is 5.82 Å². The van der Waals surface area contributed by atoms with Gasteiger partial charge in [-0.15, -0.1) is 10.2 Å². The molecule has 3 aromatic rings. The molecule has 156 valence electrons. The molecule has 0 spiro atoms. The highest BCUT2D eigenvalue weighted by Crippen LogP contribution is 2.31. The number of aromatic nitrogens is 3. The number of amides is 1. The fourth-order valence-corrected chi connectivity index (χ4v) is 3.98. The molecule has 0 bridgehead atoms. The Hall–Kier alpha value is -2.52. The number of anilines is 1. The van der Waals surface area contributed by atoms with Crippen molar-refractivity contribution in [3.05, 3.63) is 58.3 Å². The van der Waals surface area contributed by atoms with Gasteiger partial charge in [-0.2, -0.15) is 0 Å². The molecule has 0 radical (unpaired) electrons. The van der Waals surface area contributed by atoms with Crippen molar-refractivity contribution in [3.8, 4) is 11.5 Å². The van der Waals surface area contributed by atoms with E-state index in [9.17, 15) is 4.79 Å². The van der Waals surface area contributed by atoms with E-state index >= 15 is 0 Å². The van der Waals surface area contributed by atoms with Crippen LogP contribution < -0.4 is 14.8 Å². The van der Waals surface area contributed by atoms with Gasteiger partial charge in [0.2, 0.25) is 5.91 Å². The Morgan fingerprint density at radius 3 is 2.70 bits per heavy atom. The third-order valence-corrected chi connectivity index (χ3v) is 6.11. The van der Waals surface area contributed by atoms with E-state index < -0.39 is 0 Å². The molecule has 1 N–H and O–H groups in total. The summed E-state index contributed by atoms with van der Waals surface area (Å²) < 4.78 is 14.3. The zero-order valence-corrected chi connectivity index (χ0v) is 18.8. The van der Waals surface area contributed by atoms with Gasteiger partial charge in [-0.1, -0.05) is 33.8 Å². The van der Waals surface area contributed by atoms with Crippen molar-refractivity contribution in [3.63, 3.8) is 0 Å². The van der Waals surface area contributed by atoms with Crippen molar-refractivity contribution < 1.29 is 14.3 Å². The lowest BCUT2D eigenvalue weighted by atomic mass is 10.1.